The molecule has 0 fully saturated rings. The van der Waals surface area contributed by atoms with Gasteiger partial charge < -0.3 is 9.47 Å². The fourth-order valence-electron chi connectivity index (χ4n) is 2.84. The number of non-ortho nitro benzene ring substituents is 1. The third-order valence-corrected chi connectivity index (χ3v) is 5.07. The number of aryl methyl sites for hydroxylation is 1. The van der Waals surface area contributed by atoms with Crippen LogP contribution >= 0.6 is 11.6 Å². The van der Waals surface area contributed by atoms with Crippen LogP contribution in [0.15, 0.2) is 60.7 Å². The topological polar surface area (TPSA) is 156 Å². The van der Waals surface area contributed by atoms with Crippen LogP contribution in [0.2, 0.25) is 5.02 Å². The molecule has 3 aromatic rings. The number of hydrogen-bond acceptors (Lipinski definition) is 9. The quantitative estimate of drug-likeness (QED) is 0.141. The molecule has 0 aliphatic heterocycles. The number of nitrogens with zero attached hydrogens (tertiary/aromatic N) is 2. The van der Waals surface area contributed by atoms with Crippen LogP contribution in [-0.4, -0.2) is 34.2 Å². The highest BCUT2D eigenvalue weighted by molar-refractivity contribution is 6.35. The zero-order valence-electron chi connectivity index (χ0n) is 17.9. The van der Waals surface area contributed by atoms with E-state index in [4.69, 9.17) is 21.1 Å². The van der Waals surface area contributed by atoms with Crippen molar-refractivity contribution in [3.05, 3.63) is 108 Å². The van der Waals surface area contributed by atoms with Gasteiger partial charge in [0.1, 0.15) is 10.8 Å². The molecule has 0 aromatic heterocycles. The summed E-state index contributed by atoms with van der Waals surface area (Å²) in [6, 6.07) is 13.5. The molecular weight excluding hydrogens is 484 g/mol. The van der Waals surface area contributed by atoms with Gasteiger partial charge in [-0.05, 0) is 43.3 Å². The minimum Gasteiger partial charge on any atom is -0.454 e. The Morgan fingerprint density at radius 1 is 0.857 bits per heavy atom. The molecule has 0 radical (unpaired) electrons. The van der Waals surface area contributed by atoms with E-state index in [-0.39, 0.29) is 11.3 Å². The molecule has 11 nitrogen and oxygen atoms in total. The van der Waals surface area contributed by atoms with Crippen LogP contribution < -0.4 is 4.74 Å². The smallest absolute Gasteiger partial charge is 0.343 e. The maximum absolute atomic E-state index is 12.4. The number of nitro benzene ring substituents is 2. The lowest BCUT2D eigenvalue weighted by atomic mass is 10.1. The van der Waals surface area contributed by atoms with E-state index in [1.54, 1.807) is 24.3 Å². The van der Waals surface area contributed by atoms with Crippen molar-refractivity contribution in [2.45, 2.75) is 6.92 Å². The van der Waals surface area contributed by atoms with Crippen molar-refractivity contribution >= 4 is 40.7 Å². The van der Waals surface area contributed by atoms with Crippen LogP contribution in [-0.2, 0) is 4.74 Å². The number of esters is 2. The van der Waals surface area contributed by atoms with E-state index in [0.717, 1.165) is 11.6 Å². The number of Topliss-reactive ketones (excluding diaryl/α,β-unsaturated/α-hetero) is 1. The normalized spacial score (nSPS) is 10.3. The van der Waals surface area contributed by atoms with Crippen molar-refractivity contribution in [3.8, 4) is 5.75 Å². The number of nitro groups is 2. The van der Waals surface area contributed by atoms with Gasteiger partial charge >= 0.3 is 11.9 Å². The standard InChI is InChI=1S/C23H15ClN2O9/c1-13-2-4-15(5-3-13)22(28)35-17-8-6-14(7-9-17)20(27)12-34-23(29)18-10-16(25(30)31)11-19(21(18)24)26(32)33/h2-11H,12H2,1H3. The summed E-state index contributed by atoms with van der Waals surface area (Å²) in [6.07, 6.45) is 0. The number of rotatable bonds is 8. The summed E-state index contributed by atoms with van der Waals surface area (Å²) in [4.78, 5) is 57.0. The Hall–Kier alpha value is -4.64. The van der Waals surface area contributed by atoms with Gasteiger partial charge in [-0.25, -0.2) is 9.59 Å². The summed E-state index contributed by atoms with van der Waals surface area (Å²) >= 11 is 5.83. The molecular formula is C23H15ClN2O9. The van der Waals surface area contributed by atoms with Crippen LogP contribution in [0.5, 0.6) is 5.75 Å². The maximum atomic E-state index is 12.4. The van der Waals surface area contributed by atoms with Crippen molar-refractivity contribution in [1.29, 1.82) is 0 Å². The second-order valence-corrected chi connectivity index (χ2v) is 7.50. The highest BCUT2D eigenvalue weighted by atomic mass is 35.5. The molecule has 0 unspecified atom stereocenters. The third kappa shape index (κ3) is 6.03. The average molecular weight is 499 g/mol. The largest absolute Gasteiger partial charge is 0.454 e. The molecule has 35 heavy (non-hydrogen) atoms. The van der Waals surface area contributed by atoms with Crippen molar-refractivity contribution in [1.82, 2.24) is 0 Å². The van der Waals surface area contributed by atoms with Gasteiger partial charge in [0, 0.05) is 11.6 Å². The lowest BCUT2D eigenvalue weighted by Gasteiger charge is -2.08. The highest BCUT2D eigenvalue weighted by Crippen LogP contribution is 2.33. The average Bonchev–Trinajstić information content (AvgIpc) is 2.83. The molecule has 0 bridgehead atoms. The zero-order valence-corrected chi connectivity index (χ0v) is 18.7. The molecule has 178 valence electrons. The first-order valence-electron chi connectivity index (χ1n) is 9.78. The predicted molar refractivity (Wildman–Crippen MR) is 122 cm³/mol. The van der Waals surface area contributed by atoms with Gasteiger partial charge in [0.05, 0.1) is 27.0 Å². The summed E-state index contributed by atoms with van der Waals surface area (Å²) in [5, 5.41) is 21.4. The summed E-state index contributed by atoms with van der Waals surface area (Å²) in [7, 11) is 0. The fourth-order valence-corrected chi connectivity index (χ4v) is 3.09. The highest BCUT2D eigenvalue weighted by Gasteiger charge is 2.27. The Kier molecular flexibility index (Phi) is 7.52. The number of carbonyl (C=O) groups is 3. The Morgan fingerprint density at radius 3 is 2.03 bits per heavy atom. The second-order valence-electron chi connectivity index (χ2n) is 7.12. The van der Waals surface area contributed by atoms with E-state index in [1.165, 1.54) is 24.3 Å². The number of carbonyl (C=O) groups excluding carboxylic acids is 3. The predicted octanol–water partition coefficient (Wildman–Crippen LogP) is 4.72. The zero-order chi connectivity index (χ0) is 25.7. The monoisotopic (exact) mass is 498 g/mol. The molecule has 0 heterocycles. The Bertz CT molecular complexity index is 1340. The van der Waals surface area contributed by atoms with Gasteiger partial charge in [-0.1, -0.05) is 29.3 Å². The molecule has 0 aliphatic rings. The van der Waals surface area contributed by atoms with Gasteiger partial charge in [-0.3, -0.25) is 25.0 Å². The van der Waals surface area contributed by atoms with Gasteiger partial charge in [0.25, 0.3) is 11.4 Å². The Morgan fingerprint density at radius 2 is 1.46 bits per heavy atom. The minimum atomic E-state index is -1.25. The second kappa shape index (κ2) is 10.5. The lowest BCUT2D eigenvalue weighted by molar-refractivity contribution is -0.394. The fraction of sp³-hybridized carbons (Fsp3) is 0.0870. The van der Waals surface area contributed by atoms with E-state index >= 15 is 0 Å². The van der Waals surface area contributed by atoms with E-state index in [9.17, 15) is 34.6 Å². The van der Waals surface area contributed by atoms with E-state index in [1.807, 2.05) is 6.92 Å². The molecule has 0 saturated heterocycles. The molecule has 0 saturated carbocycles. The van der Waals surface area contributed by atoms with Crippen molar-refractivity contribution < 1.29 is 33.7 Å². The van der Waals surface area contributed by atoms with Gasteiger partial charge in [0.2, 0.25) is 0 Å². The summed E-state index contributed by atoms with van der Waals surface area (Å²) in [5.74, 6) is -2.30. The SMILES string of the molecule is Cc1ccc(C(=O)Oc2ccc(C(=O)COC(=O)c3cc([N+](=O)[O-])cc([N+](=O)[O-])c3Cl)cc2)cc1. The maximum Gasteiger partial charge on any atom is 0.343 e. The van der Waals surface area contributed by atoms with Crippen LogP contribution in [0.1, 0.15) is 36.6 Å². The molecule has 0 N–H and O–H groups in total. The van der Waals surface area contributed by atoms with E-state index in [2.05, 4.69) is 0 Å². The number of ketones is 1. The summed E-state index contributed by atoms with van der Waals surface area (Å²) < 4.78 is 10.1. The first kappa shape index (κ1) is 25.0. The Labute approximate surface area is 202 Å². The van der Waals surface area contributed by atoms with Crippen LogP contribution in [0.4, 0.5) is 11.4 Å². The molecule has 0 amide bonds. The van der Waals surface area contributed by atoms with Crippen LogP contribution in [0.25, 0.3) is 0 Å². The van der Waals surface area contributed by atoms with Gasteiger partial charge in [0.15, 0.2) is 12.4 Å². The third-order valence-electron chi connectivity index (χ3n) is 4.67. The molecule has 3 aromatic carbocycles. The van der Waals surface area contributed by atoms with Gasteiger partial charge in [-0.15, -0.1) is 0 Å². The molecule has 0 aliphatic carbocycles. The number of halogens is 1. The minimum absolute atomic E-state index is 0.115. The van der Waals surface area contributed by atoms with Gasteiger partial charge in [-0.2, -0.15) is 0 Å². The summed E-state index contributed by atoms with van der Waals surface area (Å²) in [5.41, 5.74) is -0.772. The molecule has 0 spiro atoms. The van der Waals surface area contributed by atoms with Crippen LogP contribution in [0.3, 0.4) is 0 Å². The van der Waals surface area contributed by atoms with Crippen molar-refractivity contribution in [2.75, 3.05) is 6.61 Å². The van der Waals surface area contributed by atoms with Crippen molar-refractivity contribution in [2.24, 2.45) is 0 Å². The Balaban J connectivity index is 1.66. The van der Waals surface area contributed by atoms with E-state index in [0.29, 0.717) is 11.6 Å². The lowest BCUT2D eigenvalue weighted by Crippen LogP contribution is -2.15. The molecule has 0 atom stereocenters. The molecule has 12 heteroatoms. The number of ether oxygens (including phenoxy) is 2. The molecule has 3 rings (SSSR count). The first-order valence-corrected chi connectivity index (χ1v) is 10.2. The number of benzene rings is 3. The number of hydrogen-bond donors (Lipinski definition) is 0. The first-order chi connectivity index (χ1) is 16.6. The van der Waals surface area contributed by atoms with Crippen molar-refractivity contribution in [3.63, 3.8) is 0 Å². The van der Waals surface area contributed by atoms with Crippen LogP contribution in [0, 0.1) is 27.2 Å². The van der Waals surface area contributed by atoms with E-state index < -0.39 is 56.1 Å². The summed E-state index contributed by atoms with van der Waals surface area (Å²) in [6.45, 7) is 1.11.